The number of ketones is 2. The summed E-state index contributed by atoms with van der Waals surface area (Å²) in [5.74, 6) is 10.7. The Morgan fingerprint density at radius 2 is 1.00 bits per heavy atom. The maximum atomic E-state index is 13.2. The summed E-state index contributed by atoms with van der Waals surface area (Å²) in [6, 6.07) is 6.66. The number of carbonyl (C=O) groups excluding carboxylic acids is 2. The van der Waals surface area contributed by atoms with Crippen LogP contribution in [0.3, 0.4) is 0 Å². The van der Waals surface area contributed by atoms with E-state index < -0.39 is 11.2 Å². The highest BCUT2D eigenvalue weighted by Gasteiger charge is 2.33. The zero-order valence-corrected chi connectivity index (χ0v) is 17.1. The van der Waals surface area contributed by atoms with Gasteiger partial charge < -0.3 is 10.2 Å². The van der Waals surface area contributed by atoms with E-state index in [1.807, 2.05) is 0 Å². The highest BCUT2D eigenvalue weighted by Crippen LogP contribution is 2.31. The molecule has 0 atom stereocenters. The van der Waals surface area contributed by atoms with E-state index in [4.69, 9.17) is 0 Å². The molecule has 1 aromatic carbocycles. The molecule has 0 saturated heterocycles. The van der Waals surface area contributed by atoms with Crippen LogP contribution in [0.4, 0.5) is 0 Å². The van der Waals surface area contributed by atoms with Crippen molar-refractivity contribution in [3.05, 3.63) is 46.5 Å². The highest BCUT2D eigenvalue weighted by molar-refractivity contribution is 6.30. The van der Waals surface area contributed by atoms with Crippen molar-refractivity contribution in [2.45, 2.75) is 75.4 Å². The number of hydrogen-bond acceptors (Lipinski definition) is 4. The molecule has 2 fully saturated rings. The predicted molar refractivity (Wildman–Crippen MR) is 114 cm³/mol. The first-order valence-corrected chi connectivity index (χ1v) is 10.8. The third kappa shape index (κ3) is 4.12. The molecular formula is C26H26O4. The van der Waals surface area contributed by atoms with Gasteiger partial charge in [-0.25, -0.2) is 0 Å². The third-order valence-electron chi connectivity index (χ3n) is 6.32. The topological polar surface area (TPSA) is 74.6 Å². The minimum absolute atomic E-state index is 0.0320. The molecule has 1 aromatic rings. The Labute approximate surface area is 177 Å². The molecule has 3 aliphatic carbocycles. The van der Waals surface area contributed by atoms with Gasteiger partial charge in [-0.2, -0.15) is 0 Å². The monoisotopic (exact) mass is 402 g/mol. The first-order chi connectivity index (χ1) is 14.4. The van der Waals surface area contributed by atoms with Gasteiger partial charge in [0.05, 0.1) is 11.1 Å². The fourth-order valence-corrected chi connectivity index (χ4v) is 4.50. The van der Waals surface area contributed by atoms with Crippen molar-refractivity contribution in [2.75, 3.05) is 0 Å². The maximum absolute atomic E-state index is 13.2. The van der Waals surface area contributed by atoms with Crippen LogP contribution in [0.2, 0.25) is 0 Å². The first kappa shape index (κ1) is 20.6. The van der Waals surface area contributed by atoms with Gasteiger partial charge in [-0.1, -0.05) is 60.8 Å². The summed E-state index contributed by atoms with van der Waals surface area (Å²) in [5, 5.41) is 21.5. The second kappa shape index (κ2) is 8.23. The molecule has 0 amide bonds. The number of rotatable bonds is 0. The van der Waals surface area contributed by atoms with Crippen LogP contribution in [0.25, 0.3) is 0 Å². The van der Waals surface area contributed by atoms with Crippen molar-refractivity contribution in [2.24, 2.45) is 0 Å². The summed E-state index contributed by atoms with van der Waals surface area (Å²) < 4.78 is 0. The van der Waals surface area contributed by atoms with Crippen molar-refractivity contribution >= 4 is 11.6 Å². The maximum Gasteiger partial charge on any atom is 0.203 e. The number of Topliss-reactive ketones (excluding diaryl/α,β-unsaturated/α-hetero) is 2. The molecule has 30 heavy (non-hydrogen) atoms. The van der Waals surface area contributed by atoms with Gasteiger partial charge in [0.25, 0.3) is 0 Å². The smallest absolute Gasteiger partial charge is 0.203 e. The largest absolute Gasteiger partial charge is 0.378 e. The van der Waals surface area contributed by atoms with E-state index in [-0.39, 0.29) is 22.7 Å². The van der Waals surface area contributed by atoms with Gasteiger partial charge in [-0.05, 0) is 51.4 Å². The predicted octanol–water partition coefficient (Wildman–Crippen LogP) is 3.76. The van der Waals surface area contributed by atoms with E-state index >= 15 is 0 Å². The Morgan fingerprint density at radius 3 is 1.37 bits per heavy atom. The number of aliphatic hydroxyl groups is 2. The quantitative estimate of drug-likeness (QED) is 0.648. The van der Waals surface area contributed by atoms with Crippen LogP contribution >= 0.6 is 0 Å². The minimum atomic E-state index is -1.13. The zero-order chi connectivity index (χ0) is 21.2. The molecule has 0 radical (unpaired) electrons. The molecule has 0 unspecified atom stereocenters. The van der Waals surface area contributed by atoms with Gasteiger partial charge >= 0.3 is 0 Å². The number of carbonyl (C=O) groups is 2. The van der Waals surface area contributed by atoms with Gasteiger partial charge in [0, 0.05) is 11.1 Å². The van der Waals surface area contributed by atoms with Crippen LogP contribution in [0.1, 0.15) is 84.9 Å². The van der Waals surface area contributed by atoms with Gasteiger partial charge in [0.15, 0.2) is 0 Å². The molecule has 2 saturated carbocycles. The van der Waals surface area contributed by atoms with Gasteiger partial charge in [0.2, 0.25) is 11.6 Å². The lowest BCUT2D eigenvalue weighted by Crippen LogP contribution is -2.30. The van der Waals surface area contributed by atoms with Crippen molar-refractivity contribution in [3.63, 3.8) is 0 Å². The summed E-state index contributed by atoms with van der Waals surface area (Å²) >= 11 is 0. The fourth-order valence-electron chi connectivity index (χ4n) is 4.50. The van der Waals surface area contributed by atoms with Crippen LogP contribution in [0.15, 0.2) is 35.4 Å². The Morgan fingerprint density at radius 1 is 0.633 bits per heavy atom. The fraction of sp³-hybridized carbons (Fsp3) is 0.462. The molecule has 0 spiro atoms. The van der Waals surface area contributed by atoms with E-state index in [0.717, 1.165) is 38.5 Å². The standard InChI is InChI=1S/C26H26O4/c27-23-19-9-3-4-10-20(19)24(28)22(12-18-26(30)15-7-2-8-16-26)21(23)11-17-25(29)13-5-1-6-14-25/h3-4,9-10,29-30H,1-2,5-8,13-16H2. The molecule has 0 aromatic heterocycles. The number of benzene rings is 1. The highest BCUT2D eigenvalue weighted by atomic mass is 16.3. The molecule has 0 heterocycles. The summed E-state index contributed by atoms with van der Waals surface area (Å²) in [4.78, 5) is 26.3. The Balaban J connectivity index is 1.79. The van der Waals surface area contributed by atoms with Crippen LogP contribution in [-0.2, 0) is 0 Å². The van der Waals surface area contributed by atoms with Gasteiger partial charge in [-0.3, -0.25) is 9.59 Å². The summed E-state index contributed by atoms with van der Waals surface area (Å²) in [5.41, 5.74) is -1.58. The van der Waals surface area contributed by atoms with Crippen molar-refractivity contribution < 1.29 is 19.8 Å². The second-order valence-electron chi connectivity index (χ2n) is 8.64. The lowest BCUT2D eigenvalue weighted by molar-refractivity contribution is 0.0605. The SMILES string of the molecule is O=C1C(C#CC2(O)CCCCC2)=C(C#CC2(O)CCCCC2)C(=O)c2ccccc21. The number of allylic oxidation sites excluding steroid dienone is 2. The summed E-state index contributed by atoms with van der Waals surface area (Å²) in [6.07, 6.45) is 7.93. The number of hydrogen-bond donors (Lipinski definition) is 2. The van der Waals surface area contributed by atoms with Crippen LogP contribution in [0.5, 0.6) is 0 Å². The van der Waals surface area contributed by atoms with Gasteiger partial charge in [0.1, 0.15) is 11.2 Å². The van der Waals surface area contributed by atoms with Crippen LogP contribution in [0, 0.1) is 23.7 Å². The Hall–Kier alpha value is -2.66. The molecule has 2 N–H and O–H groups in total. The lowest BCUT2D eigenvalue weighted by Gasteiger charge is -2.27. The molecular weight excluding hydrogens is 376 g/mol. The molecule has 0 aliphatic heterocycles. The molecule has 154 valence electrons. The van der Waals surface area contributed by atoms with E-state index in [9.17, 15) is 19.8 Å². The average molecular weight is 402 g/mol. The average Bonchev–Trinajstić information content (AvgIpc) is 2.75. The Kier molecular flexibility index (Phi) is 5.65. The second-order valence-corrected chi connectivity index (χ2v) is 8.64. The molecule has 4 heteroatoms. The summed E-state index contributed by atoms with van der Waals surface area (Å²) in [6.45, 7) is 0. The molecule has 4 rings (SSSR count). The van der Waals surface area contributed by atoms with Crippen molar-refractivity contribution in [1.82, 2.24) is 0 Å². The van der Waals surface area contributed by atoms with Crippen LogP contribution in [-0.4, -0.2) is 33.0 Å². The first-order valence-electron chi connectivity index (χ1n) is 10.8. The van der Waals surface area contributed by atoms with E-state index in [0.29, 0.717) is 36.8 Å². The molecule has 3 aliphatic rings. The van der Waals surface area contributed by atoms with E-state index in [2.05, 4.69) is 23.7 Å². The van der Waals surface area contributed by atoms with E-state index in [1.54, 1.807) is 24.3 Å². The lowest BCUT2D eigenvalue weighted by atomic mass is 9.81. The molecule has 4 nitrogen and oxygen atoms in total. The van der Waals surface area contributed by atoms with Crippen LogP contribution < -0.4 is 0 Å². The normalized spacial score (nSPS) is 22.3. The molecule has 0 bridgehead atoms. The summed E-state index contributed by atoms with van der Waals surface area (Å²) in [7, 11) is 0. The Bertz CT molecular complexity index is 943. The number of fused-ring (bicyclic) bond motifs is 1. The van der Waals surface area contributed by atoms with Gasteiger partial charge in [-0.15, -0.1) is 0 Å². The third-order valence-corrected chi connectivity index (χ3v) is 6.32. The van der Waals surface area contributed by atoms with Crippen molar-refractivity contribution in [3.8, 4) is 23.7 Å². The zero-order valence-electron chi connectivity index (χ0n) is 17.1. The minimum Gasteiger partial charge on any atom is -0.378 e. The van der Waals surface area contributed by atoms with Crippen molar-refractivity contribution in [1.29, 1.82) is 0 Å². The van der Waals surface area contributed by atoms with E-state index in [1.165, 1.54) is 0 Å².